The lowest BCUT2D eigenvalue weighted by molar-refractivity contribution is -0.116. The summed E-state index contributed by atoms with van der Waals surface area (Å²) in [6.07, 6.45) is 0.238. The molecule has 7 nitrogen and oxygen atoms in total. The number of nitrogens with one attached hydrogen (secondary N) is 1. The van der Waals surface area contributed by atoms with Crippen LogP contribution in [0.25, 0.3) is 0 Å². The van der Waals surface area contributed by atoms with Crippen LogP contribution < -0.4 is 29.0 Å². The Morgan fingerprint density at radius 3 is 2.11 bits per heavy atom. The van der Waals surface area contributed by atoms with Crippen molar-refractivity contribution in [1.82, 2.24) is 0 Å². The van der Waals surface area contributed by atoms with Gasteiger partial charge in [-0.2, -0.15) is 0 Å². The van der Waals surface area contributed by atoms with Gasteiger partial charge >= 0.3 is 0 Å². The number of carbonyl (C=O) groups is 1. The van der Waals surface area contributed by atoms with Gasteiger partial charge < -0.3 is 29.0 Å². The van der Waals surface area contributed by atoms with E-state index in [1.807, 2.05) is 18.2 Å². The zero-order chi connectivity index (χ0) is 19.6. The highest BCUT2D eigenvalue weighted by Gasteiger charge is 2.35. The summed E-state index contributed by atoms with van der Waals surface area (Å²) in [4.78, 5) is 12.4. The Kier molecular flexibility index (Phi) is 5.30. The second-order valence-corrected chi connectivity index (χ2v) is 5.99. The minimum Gasteiger partial charge on any atom is -0.493 e. The number of methoxy groups -OCH3 is 5. The van der Waals surface area contributed by atoms with Crippen LogP contribution in [-0.4, -0.2) is 41.5 Å². The van der Waals surface area contributed by atoms with E-state index >= 15 is 0 Å². The third-order valence-corrected chi connectivity index (χ3v) is 4.69. The highest BCUT2D eigenvalue weighted by Crippen LogP contribution is 2.53. The SMILES string of the molecule is COc1cccc([C@H]2CC(=O)Nc3cc(OC)c(OC)c(OC)c32)c1OC. The average Bonchev–Trinajstić information content (AvgIpc) is 2.70. The Balaban J connectivity index is 2.29. The topological polar surface area (TPSA) is 75.3 Å². The van der Waals surface area contributed by atoms with Crippen LogP contribution in [-0.2, 0) is 4.79 Å². The Hall–Kier alpha value is -3.09. The van der Waals surface area contributed by atoms with Crippen molar-refractivity contribution in [3.63, 3.8) is 0 Å². The summed E-state index contributed by atoms with van der Waals surface area (Å²) in [6, 6.07) is 7.35. The predicted molar refractivity (Wildman–Crippen MR) is 101 cm³/mol. The highest BCUT2D eigenvalue weighted by molar-refractivity contribution is 5.97. The standard InChI is InChI=1S/C20H23NO6/c1-23-14-8-6-7-11(18(14)25-3)12-9-16(22)21-13-10-15(24-2)19(26-4)20(27-5)17(12)13/h6-8,10,12H,9H2,1-5H3,(H,21,22)/t12-/m1/s1. The Morgan fingerprint density at radius 2 is 1.52 bits per heavy atom. The molecule has 0 unspecified atom stereocenters. The van der Waals surface area contributed by atoms with Crippen LogP contribution in [0, 0.1) is 0 Å². The van der Waals surface area contributed by atoms with Gasteiger partial charge in [-0.1, -0.05) is 12.1 Å². The molecular formula is C20H23NO6. The van der Waals surface area contributed by atoms with Crippen molar-refractivity contribution in [2.75, 3.05) is 40.9 Å². The quantitative estimate of drug-likeness (QED) is 0.838. The van der Waals surface area contributed by atoms with Crippen LogP contribution in [0.2, 0.25) is 0 Å². The smallest absolute Gasteiger partial charge is 0.225 e. The number of benzene rings is 2. The zero-order valence-corrected chi connectivity index (χ0v) is 16.0. The van der Waals surface area contributed by atoms with E-state index in [9.17, 15) is 4.79 Å². The van der Waals surface area contributed by atoms with Crippen molar-refractivity contribution in [2.24, 2.45) is 0 Å². The van der Waals surface area contributed by atoms with Gasteiger partial charge in [-0.05, 0) is 6.07 Å². The first-order valence-corrected chi connectivity index (χ1v) is 8.43. The van der Waals surface area contributed by atoms with Gasteiger partial charge in [0.15, 0.2) is 23.0 Å². The van der Waals surface area contributed by atoms with E-state index in [0.29, 0.717) is 34.4 Å². The highest BCUT2D eigenvalue weighted by atomic mass is 16.5. The largest absolute Gasteiger partial charge is 0.493 e. The lowest BCUT2D eigenvalue weighted by Gasteiger charge is -2.30. The fourth-order valence-electron chi connectivity index (χ4n) is 3.57. The van der Waals surface area contributed by atoms with Crippen LogP contribution in [0.3, 0.4) is 0 Å². The van der Waals surface area contributed by atoms with Crippen LogP contribution in [0.5, 0.6) is 28.7 Å². The van der Waals surface area contributed by atoms with Gasteiger partial charge in [0.25, 0.3) is 0 Å². The molecule has 0 saturated carbocycles. The number of anilines is 1. The predicted octanol–water partition coefficient (Wildman–Crippen LogP) is 3.20. The third kappa shape index (κ3) is 3.09. The molecule has 7 heteroatoms. The first kappa shape index (κ1) is 18.7. The van der Waals surface area contributed by atoms with E-state index in [-0.39, 0.29) is 18.2 Å². The molecule has 1 aliphatic heterocycles. The molecule has 1 N–H and O–H groups in total. The number of rotatable bonds is 6. The van der Waals surface area contributed by atoms with Gasteiger partial charge in [0.1, 0.15) is 0 Å². The summed E-state index contributed by atoms with van der Waals surface area (Å²) < 4.78 is 27.6. The molecule has 1 atom stereocenters. The molecule has 0 aliphatic carbocycles. The second kappa shape index (κ2) is 7.65. The van der Waals surface area contributed by atoms with Crippen molar-refractivity contribution in [1.29, 1.82) is 0 Å². The maximum Gasteiger partial charge on any atom is 0.225 e. The molecule has 3 rings (SSSR count). The van der Waals surface area contributed by atoms with Crippen molar-refractivity contribution in [2.45, 2.75) is 12.3 Å². The molecular weight excluding hydrogens is 350 g/mol. The molecule has 0 spiro atoms. The van der Waals surface area contributed by atoms with Crippen LogP contribution in [0.15, 0.2) is 24.3 Å². The average molecular weight is 373 g/mol. The lowest BCUT2D eigenvalue weighted by Crippen LogP contribution is -2.24. The normalized spacial score (nSPS) is 15.4. The van der Waals surface area contributed by atoms with Crippen molar-refractivity contribution >= 4 is 11.6 Å². The summed E-state index contributed by atoms with van der Waals surface area (Å²) >= 11 is 0. The number of fused-ring (bicyclic) bond motifs is 1. The molecule has 0 radical (unpaired) electrons. The minimum absolute atomic E-state index is 0.105. The number of hydrogen-bond donors (Lipinski definition) is 1. The molecule has 1 aliphatic rings. The number of para-hydroxylation sites is 1. The summed E-state index contributed by atoms with van der Waals surface area (Å²) in [6.45, 7) is 0. The Morgan fingerprint density at radius 1 is 0.852 bits per heavy atom. The zero-order valence-electron chi connectivity index (χ0n) is 16.0. The van der Waals surface area contributed by atoms with Crippen molar-refractivity contribution < 1.29 is 28.5 Å². The summed E-state index contributed by atoms with van der Waals surface area (Å²) in [5, 5.41) is 2.90. The summed E-state index contributed by atoms with van der Waals surface area (Å²) in [5.41, 5.74) is 2.26. The molecule has 1 heterocycles. The molecule has 0 bridgehead atoms. The van der Waals surface area contributed by atoms with Gasteiger partial charge in [0.05, 0.1) is 41.2 Å². The van der Waals surface area contributed by atoms with E-state index in [4.69, 9.17) is 23.7 Å². The second-order valence-electron chi connectivity index (χ2n) is 5.99. The van der Waals surface area contributed by atoms with Gasteiger partial charge in [-0.25, -0.2) is 0 Å². The van der Waals surface area contributed by atoms with E-state index in [1.54, 1.807) is 34.5 Å². The maximum absolute atomic E-state index is 12.4. The van der Waals surface area contributed by atoms with E-state index in [2.05, 4.69) is 5.32 Å². The number of amides is 1. The molecule has 144 valence electrons. The molecule has 0 saturated heterocycles. The fraction of sp³-hybridized carbons (Fsp3) is 0.350. The monoisotopic (exact) mass is 373 g/mol. The molecule has 27 heavy (non-hydrogen) atoms. The summed E-state index contributed by atoms with van der Waals surface area (Å²) in [5.74, 6) is 2.25. The van der Waals surface area contributed by atoms with Crippen LogP contribution >= 0.6 is 0 Å². The molecule has 0 fully saturated rings. The Bertz CT molecular complexity index is 864. The first-order chi connectivity index (χ1) is 13.1. The maximum atomic E-state index is 12.4. The van der Waals surface area contributed by atoms with Gasteiger partial charge in [0, 0.05) is 29.5 Å². The van der Waals surface area contributed by atoms with E-state index in [0.717, 1.165) is 11.1 Å². The number of carbonyl (C=O) groups excluding carboxylic acids is 1. The van der Waals surface area contributed by atoms with E-state index < -0.39 is 0 Å². The van der Waals surface area contributed by atoms with Crippen LogP contribution in [0.4, 0.5) is 5.69 Å². The molecule has 1 amide bonds. The third-order valence-electron chi connectivity index (χ3n) is 4.69. The van der Waals surface area contributed by atoms with E-state index in [1.165, 1.54) is 7.11 Å². The van der Waals surface area contributed by atoms with Crippen LogP contribution in [0.1, 0.15) is 23.5 Å². The van der Waals surface area contributed by atoms with Gasteiger partial charge in [-0.3, -0.25) is 4.79 Å². The molecule has 0 aromatic heterocycles. The fourth-order valence-corrected chi connectivity index (χ4v) is 3.57. The number of hydrogen-bond acceptors (Lipinski definition) is 6. The first-order valence-electron chi connectivity index (χ1n) is 8.43. The lowest BCUT2D eigenvalue weighted by atomic mass is 9.83. The van der Waals surface area contributed by atoms with Crippen molar-refractivity contribution in [3.05, 3.63) is 35.4 Å². The molecule has 2 aromatic rings. The van der Waals surface area contributed by atoms with Gasteiger partial charge in [0.2, 0.25) is 11.7 Å². The van der Waals surface area contributed by atoms with Gasteiger partial charge in [-0.15, -0.1) is 0 Å². The molecule has 2 aromatic carbocycles. The summed E-state index contributed by atoms with van der Waals surface area (Å²) in [7, 11) is 7.81. The minimum atomic E-state index is -0.298. The number of ether oxygens (including phenoxy) is 5. The van der Waals surface area contributed by atoms with Crippen molar-refractivity contribution in [3.8, 4) is 28.7 Å². The Labute approximate surface area is 158 Å².